The summed E-state index contributed by atoms with van der Waals surface area (Å²) in [4.78, 5) is 23.9. The molecule has 0 saturated carbocycles. The molecular weight excluding hydrogens is 356 g/mol. The van der Waals surface area contributed by atoms with E-state index in [4.69, 9.17) is 9.15 Å². The number of carbonyl (C=O) groups is 2. The van der Waals surface area contributed by atoms with Crippen LogP contribution in [0.25, 0.3) is 10.8 Å². The van der Waals surface area contributed by atoms with E-state index in [0.717, 1.165) is 5.56 Å². The Morgan fingerprint density at radius 3 is 2.73 bits per heavy atom. The van der Waals surface area contributed by atoms with Crippen LogP contribution in [0, 0.1) is 0 Å². The van der Waals surface area contributed by atoms with Gasteiger partial charge >= 0.3 is 6.09 Å². The van der Waals surface area contributed by atoms with E-state index >= 15 is 0 Å². The predicted octanol–water partition coefficient (Wildman–Crippen LogP) is 3.05. The topological polar surface area (TPSA) is 106 Å². The summed E-state index contributed by atoms with van der Waals surface area (Å²) in [6.07, 6.45) is 0.854. The van der Waals surface area contributed by atoms with E-state index in [-0.39, 0.29) is 6.61 Å². The number of anilines is 1. The number of hydrogen-bond donors (Lipinski definition) is 2. The number of ether oxygens (including phenoxy) is 1. The van der Waals surface area contributed by atoms with E-state index in [9.17, 15) is 9.59 Å². The number of alkyl carbamates (subject to hydrolysis) is 1. The Kier molecular flexibility index (Phi) is 5.59. The molecule has 2 N–H and O–H groups in total. The zero-order chi connectivity index (χ0) is 18.4. The minimum absolute atomic E-state index is 0.129. The average molecular weight is 372 g/mol. The lowest BCUT2D eigenvalue weighted by atomic mass is 10.2. The molecule has 3 aromatic rings. The first-order chi connectivity index (χ1) is 12.6. The molecule has 1 atom stereocenters. The van der Waals surface area contributed by atoms with E-state index in [1.807, 2.05) is 30.3 Å². The molecule has 0 bridgehead atoms. The molecule has 2 heterocycles. The third kappa shape index (κ3) is 4.67. The van der Waals surface area contributed by atoms with E-state index < -0.39 is 18.0 Å². The van der Waals surface area contributed by atoms with Crippen LogP contribution in [-0.2, 0) is 16.1 Å². The molecule has 3 rings (SSSR count). The van der Waals surface area contributed by atoms with Gasteiger partial charge in [0.05, 0.1) is 6.26 Å². The summed E-state index contributed by atoms with van der Waals surface area (Å²) < 4.78 is 10.3. The lowest BCUT2D eigenvalue weighted by Gasteiger charge is -2.13. The zero-order valence-corrected chi connectivity index (χ0v) is 14.7. The second kappa shape index (κ2) is 8.26. The summed E-state index contributed by atoms with van der Waals surface area (Å²) in [6.45, 7) is 1.68. The number of amides is 2. The van der Waals surface area contributed by atoms with Crippen LogP contribution in [0.3, 0.4) is 0 Å². The molecule has 0 saturated heterocycles. The molecule has 1 aromatic carbocycles. The minimum Gasteiger partial charge on any atom is -0.462 e. The summed E-state index contributed by atoms with van der Waals surface area (Å²) >= 11 is 1.17. The van der Waals surface area contributed by atoms with Crippen molar-refractivity contribution in [3.05, 3.63) is 54.3 Å². The van der Waals surface area contributed by atoms with E-state index in [1.54, 1.807) is 19.1 Å². The standard InChI is InChI=1S/C17H16N4O4S/c1-11(18-17(23)25-10-12-6-3-2-4-7-12)14(22)19-16-21-20-15(26-16)13-8-5-9-24-13/h2-9,11H,10H2,1H3,(H,18,23)(H,19,21,22). The fourth-order valence-corrected chi connectivity index (χ4v) is 2.71. The Labute approximate surface area is 153 Å². The minimum atomic E-state index is -0.797. The van der Waals surface area contributed by atoms with E-state index in [1.165, 1.54) is 17.6 Å². The number of carbonyl (C=O) groups excluding carboxylic acids is 2. The third-order valence-corrected chi connectivity index (χ3v) is 4.18. The van der Waals surface area contributed by atoms with Gasteiger partial charge in [-0.15, -0.1) is 10.2 Å². The number of benzene rings is 1. The van der Waals surface area contributed by atoms with Crippen LogP contribution < -0.4 is 10.6 Å². The second-order valence-corrected chi connectivity index (χ2v) is 6.28. The highest BCUT2D eigenvalue weighted by atomic mass is 32.1. The van der Waals surface area contributed by atoms with Crippen molar-refractivity contribution in [1.29, 1.82) is 0 Å². The van der Waals surface area contributed by atoms with Crippen LogP contribution in [0.4, 0.5) is 9.93 Å². The second-order valence-electron chi connectivity index (χ2n) is 5.31. The van der Waals surface area contributed by atoms with Crippen molar-refractivity contribution < 1.29 is 18.7 Å². The van der Waals surface area contributed by atoms with Gasteiger partial charge in [-0.2, -0.15) is 0 Å². The maximum absolute atomic E-state index is 12.2. The van der Waals surface area contributed by atoms with Crippen molar-refractivity contribution in [2.45, 2.75) is 19.6 Å². The Balaban J connectivity index is 1.47. The Morgan fingerprint density at radius 2 is 2.00 bits per heavy atom. The van der Waals surface area contributed by atoms with Crippen LogP contribution in [0.5, 0.6) is 0 Å². The van der Waals surface area contributed by atoms with Crippen molar-refractivity contribution in [2.24, 2.45) is 0 Å². The summed E-state index contributed by atoms with van der Waals surface area (Å²) in [5.74, 6) is 0.141. The molecule has 9 heteroatoms. The molecule has 2 aromatic heterocycles. The smallest absolute Gasteiger partial charge is 0.408 e. The zero-order valence-electron chi connectivity index (χ0n) is 13.8. The molecule has 0 aliphatic carbocycles. The monoisotopic (exact) mass is 372 g/mol. The lowest BCUT2D eigenvalue weighted by molar-refractivity contribution is -0.117. The highest BCUT2D eigenvalue weighted by Crippen LogP contribution is 2.26. The molecule has 2 amide bonds. The average Bonchev–Trinajstić information content (AvgIpc) is 3.32. The van der Waals surface area contributed by atoms with Crippen molar-refractivity contribution >= 4 is 28.5 Å². The molecule has 134 valence electrons. The Morgan fingerprint density at radius 1 is 1.19 bits per heavy atom. The van der Waals surface area contributed by atoms with Crippen molar-refractivity contribution in [3.8, 4) is 10.8 Å². The first-order valence-electron chi connectivity index (χ1n) is 7.77. The number of rotatable bonds is 6. The molecule has 0 fully saturated rings. The predicted molar refractivity (Wildman–Crippen MR) is 95.5 cm³/mol. The van der Waals surface area contributed by atoms with Gasteiger partial charge in [0.15, 0.2) is 10.8 Å². The summed E-state index contributed by atoms with van der Waals surface area (Å²) in [7, 11) is 0. The number of nitrogens with one attached hydrogen (secondary N) is 2. The fraction of sp³-hybridized carbons (Fsp3) is 0.176. The van der Waals surface area contributed by atoms with Crippen molar-refractivity contribution in [1.82, 2.24) is 15.5 Å². The summed E-state index contributed by atoms with van der Waals surface area (Å²) in [5.41, 5.74) is 0.860. The van der Waals surface area contributed by atoms with Crippen molar-refractivity contribution in [3.63, 3.8) is 0 Å². The lowest BCUT2D eigenvalue weighted by Crippen LogP contribution is -2.41. The molecule has 0 spiro atoms. The maximum atomic E-state index is 12.2. The van der Waals surface area contributed by atoms with Crippen LogP contribution in [0.15, 0.2) is 53.1 Å². The molecule has 1 unspecified atom stereocenters. The summed E-state index contributed by atoms with van der Waals surface area (Å²) in [5, 5.41) is 13.8. The highest BCUT2D eigenvalue weighted by Gasteiger charge is 2.19. The molecule has 0 radical (unpaired) electrons. The number of hydrogen-bond acceptors (Lipinski definition) is 7. The van der Waals surface area contributed by atoms with Gasteiger partial charge in [0.1, 0.15) is 12.6 Å². The van der Waals surface area contributed by atoms with Gasteiger partial charge in [-0.25, -0.2) is 4.79 Å². The van der Waals surface area contributed by atoms with Crippen molar-refractivity contribution in [2.75, 3.05) is 5.32 Å². The van der Waals surface area contributed by atoms with Gasteiger partial charge in [0.25, 0.3) is 0 Å². The van der Waals surface area contributed by atoms with Crippen LogP contribution in [0.2, 0.25) is 0 Å². The molecule has 0 aliphatic heterocycles. The van der Waals surface area contributed by atoms with Gasteiger partial charge in [0, 0.05) is 0 Å². The van der Waals surface area contributed by atoms with E-state index in [0.29, 0.717) is 15.9 Å². The molecule has 26 heavy (non-hydrogen) atoms. The van der Waals surface area contributed by atoms with E-state index in [2.05, 4.69) is 20.8 Å². The highest BCUT2D eigenvalue weighted by molar-refractivity contribution is 7.18. The normalized spacial score (nSPS) is 11.6. The molecule has 0 aliphatic rings. The van der Waals surface area contributed by atoms with Gasteiger partial charge < -0.3 is 14.5 Å². The van der Waals surface area contributed by atoms with Crippen LogP contribution >= 0.6 is 11.3 Å². The fourth-order valence-electron chi connectivity index (χ4n) is 1.99. The number of furan rings is 1. The maximum Gasteiger partial charge on any atom is 0.408 e. The first-order valence-corrected chi connectivity index (χ1v) is 8.59. The number of aromatic nitrogens is 2. The van der Waals surface area contributed by atoms with Gasteiger partial charge in [0.2, 0.25) is 11.0 Å². The summed E-state index contributed by atoms with van der Waals surface area (Å²) in [6, 6.07) is 12.0. The Hall–Kier alpha value is -3.20. The number of nitrogens with zero attached hydrogens (tertiary/aromatic N) is 2. The molecule has 8 nitrogen and oxygen atoms in total. The van der Waals surface area contributed by atoms with Crippen LogP contribution in [-0.4, -0.2) is 28.2 Å². The molecular formula is C17H16N4O4S. The van der Waals surface area contributed by atoms with Gasteiger partial charge in [-0.1, -0.05) is 41.7 Å². The SMILES string of the molecule is CC(NC(=O)OCc1ccccc1)C(=O)Nc1nnc(-c2ccco2)s1. The quantitative estimate of drug-likeness (QED) is 0.689. The van der Waals surface area contributed by atoms with Crippen LogP contribution in [0.1, 0.15) is 12.5 Å². The third-order valence-electron chi connectivity index (χ3n) is 3.33. The first kappa shape index (κ1) is 17.6. The Bertz CT molecular complexity index is 864. The largest absolute Gasteiger partial charge is 0.462 e. The van der Waals surface area contributed by atoms with Gasteiger partial charge in [-0.3, -0.25) is 10.1 Å². The van der Waals surface area contributed by atoms with Gasteiger partial charge in [-0.05, 0) is 24.6 Å².